The van der Waals surface area contributed by atoms with Crippen molar-refractivity contribution in [2.75, 3.05) is 11.9 Å². The summed E-state index contributed by atoms with van der Waals surface area (Å²) in [7, 11) is -3.89. The van der Waals surface area contributed by atoms with Gasteiger partial charge in [-0.25, -0.2) is 0 Å². The first-order chi connectivity index (χ1) is 13.3. The summed E-state index contributed by atoms with van der Waals surface area (Å²) in [6, 6.07) is 9.67. The number of nitrogens with zero attached hydrogens (tertiary/aromatic N) is 2. The molecule has 0 aliphatic carbocycles. The van der Waals surface area contributed by atoms with Gasteiger partial charge in [0.05, 0.1) is 0 Å². The molecule has 2 heterocycles. The van der Waals surface area contributed by atoms with Crippen molar-refractivity contribution in [2.24, 2.45) is 4.40 Å². The van der Waals surface area contributed by atoms with Crippen molar-refractivity contribution in [3.8, 4) is 0 Å². The first-order valence-electron chi connectivity index (χ1n) is 8.22. The number of thiophene rings is 1. The summed E-state index contributed by atoms with van der Waals surface area (Å²) < 4.78 is 28.7. The summed E-state index contributed by atoms with van der Waals surface area (Å²) in [4.78, 5) is 26.2. The van der Waals surface area contributed by atoms with Gasteiger partial charge < -0.3 is 5.32 Å². The third-order valence-corrected chi connectivity index (χ3v) is 7.97. The van der Waals surface area contributed by atoms with E-state index >= 15 is 0 Å². The van der Waals surface area contributed by atoms with Crippen LogP contribution in [0.1, 0.15) is 13.3 Å². The summed E-state index contributed by atoms with van der Waals surface area (Å²) >= 11 is 7.86. The standard InChI is InChI=1S/C17H16ClN3O4S3/c1-2-21-16(23)13(10-14(22)19-12-7-5-11(18)6-8-12)27-17(21)20-28(24,25)15-4-3-9-26-15/h3-9,13H,2,10H2,1H3,(H,19,22)/t13-/m0/s1. The molecule has 28 heavy (non-hydrogen) atoms. The van der Waals surface area contributed by atoms with Crippen molar-refractivity contribution in [3.05, 3.63) is 46.8 Å². The molecule has 3 rings (SSSR count). The smallest absolute Gasteiger partial charge is 0.294 e. The predicted octanol–water partition coefficient (Wildman–Crippen LogP) is 3.44. The molecule has 1 aromatic heterocycles. The summed E-state index contributed by atoms with van der Waals surface area (Å²) in [5.74, 6) is -0.689. The molecule has 0 spiro atoms. The second-order valence-corrected chi connectivity index (χ2v) is 10.1. The highest BCUT2D eigenvalue weighted by molar-refractivity contribution is 8.16. The highest BCUT2D eigenvalue weighted by Gasteiger charge is 2.39. The van der Waals surface area contributed by atoms with Gasteiger partial charge in [0.25, 0.3) is 10.0 Å². The number of thioether (sulfide) groups is 1. The number of carbonyl (C=O) groups excluding carboxylic acids is 2. The van der Waals surface area contributed by atoms with Crippen LogP contribution in [0, 0.1) is 0 Å². The van der Waals surface area contributed by atoms with E-state index in [0.717, 1.165) is 23.1 Å². The lowest BCUT2D eigenvalue weighted by atomic mass is 10.2. The molecule has 0 unspecified atom stereocenters. The zero-order chi connectivity index (χ0) is 20.3. The number of sulfonamides is 1. The van der Waals surface area contributed by atoms with Gasteiger partial charge in [0.1, 0.15) is 9.46 Å². The van der Waals surface area contributed by atoms with Gasteiger partial charge in [-0.05, 0) is 42.6 Å². The minimum absolute atomic E-state index is 0.0881. The maximum absolute atomic E-state index is 12.6. The topological polar surface area (TPSA) is 95.9 Å². The number of hydrogen-bond donors (Lipinski definition) is 1. The molecule has 1 atom stereocenters. The lowest BCUT2D eigenvalue weighted by molar-refractivity contribution is -0.128. The van der Waals surface area contributed by atoms with E-state index < -0.39 is 15.3 Å². The van der Waals surface area contributed by atoms with Crippen LogP contribution >= 0.6 is 34.7 Å². The SMILES string of the molecule is CCN1C(=O)[C@H](CC(=O)Nc2ccc(Cl)cc2)SC1=NS(=O)(=O)c1cccs1. The van der Waals surface area contributed by atoms with E-state index in [9.17, 15) is 18.0 Å². The number of amides is 2. The van der Waals surface area contributed by atoms with E-state index in [4.69, 9.17) is 11.6 Å². The highest BCUT2D eigenvalue weighted by atomic mass is 35.5. The normalized spacial score (nSPS) is 18.6. The van der Waals surface area contributed by atoms with E-state index in [1.54, 1.807) is 42.6 Å². The minimum atomic E-state index is -3.89. The van der Waals surface area contributed by atoms with Gasteiger partial charge >= 0.3 is 0 Å². The van der Waals surface area contributed by atoms with Gasteiger partial charge in [-0.15, -0.1) is 15.7 Å². The van der Waals surface area contributed by atoms with Crippen molar-refractivity contribution in [1.82, 2.24) is 4.90 Å². The van der Waals surface area contributed by atoms with Crippen molar-refractivity contribution in [3.63, 3.8) is 0 Å². The molecule has 148 valence electrons. The first-order valence-corrected chi connectivity index (χ1v) is 11.8. The van der Waals surface area contributed by atoms with Gasteiger partial charge in [0.15, 0.2) is 5.17 Å². The van der Waals surface area contributed by atoms with Crippen LogP contribution in [0.4, 0.5) is 5.69 Å². The van der Waals surface area contributed by atoms with Crippen LogP contribution in [0.15, 0.2) is 50.4 Å². The number of halogens is 1. The molecular weight excluding hydrogens is 442 g/mol. The first kappa shape index (κ1) is 20.8. The Labute approximate surface area is 175 Å². The molecule has 2 aromatic rings. The van der Waals surface area contributed by atoms with Crippen LogP contribution in [0.25, 0.3) is 0 Å². The van der Waals surface area contributed by atoms with Crippen LogP contribution in [-0.2, 0) is 19.6 Å². The molecule has 11 heteroatoms. The molecule has 1 aromatic carbocycles. The summed E-state index contributed by atoms with van der Waals surface area (Å²) in [5, 5.41) is 4.24. The Morgan fingerprint density at radius 2 is 2.00 bits per heavy atom. The van der Waals surface area contributed by atoms with E-state index in [0.29, 0.717) is 10.7 Å². The molecule has 7 nitrogen and oxygen atoms in total. The molecule has 2 amide bonds. The molecule has 1 aliphatic heterocycles. The molecule has 1 N–H and O–H groups in total. The van der Waals surface area contributed by atoms with E-state index in [2.05, 4.69) is 9.71 Å². The highest BCUT2D eigenvalue weighted by Crippen LogP contribution is 2.31. The monoisotopic (exact) mass is 457 g/mol. The Balaban J connectivity index is 1.73. The maximum atomic E-state index is 12.6. The van der Waals surface area contributed by atoms with Crippen LogP contribution in [0.5, 0.6) is 0 Å². The predicted molar refractivity (Wildman–Crippen MR) is 112 cm³/mol. The Bertz CT molecular complexity index is 1000. The second kappa shape index (κ2) is 8.64. The van der Waals surface area contributed by atoms with Crippen LogP contribution in [-0.4, -0.2) is 42.1 Å². The van der Waals surface area contributed by atoms with Gasteiger partial charge in [-0.2, -0.15) is 8.42 Å². The Morgan fingerprint density at radius 1 is 1.29 bits per heavy atom. The van der Waals surface area contributed by atoms with Crippen molar-refractivity contribution in [1.29, 1.82) is 0 Å². The molecule has 1 fully saturated rings. The van der Waals surface area contributed by atoms with E-state index in [1.165, 1.54) is 11.0 Å². The third kappa shape index (κ3) is 4.75. The number of carbonyl (C=O) groups is 2. The fourth-order valence-electron chi connectivity index (χ4n) is 2.47. The molecule has 1 saturated heterocycles. The molecule has 0 radical (unpaired) electrons. The number of rotatable bonds is 6. The fourth-order valence-corrected chi connectivity index (χ4v) is 5.99. The Hall–Kier alpha value is -1.88. The zero-order valence-corrected chi connectivity index (χ0v) is 17.9. The van der Waals surface area contributed by atoms with Gasteiger partial charge in [-0.1, -0.05) is 29.4 Å². The number of anilines is 1. The fraction of sp³-hybridized carbons (Fsp3) is 0.235. The third-order valence-electron chi connectivity index (χ3n) is 3.78. The number of nitrogens with one attached hydrogen (secondary N) is 1. The molecule has 1 aliphatic rings. The largest absolute Gasteiger partial charge is 0.326 e. The van der Waals surface area contributed by atoms with Crippen LogP contribution < -0.4 is 5.32 Å². The van der Waals surface area contributed by atoms with Gasteiger partial charge in [-0.3, -0.25) is 14.5 Å². The minimum Gasteiger partial charge on any atom is -0.326 e. The Morgan fingerprint density at radius 3 is 2.61 bits per heavy atom. The van der Waals surface area contributed by atoms with E-state index in [-0.39, 0.29) is 34.2 Å². The molecular formula is C17H16ClN3O4S3. The van der Waals surface area contributed by atoms with E-state index in [1.807, 2.05) is 0 Å². The van der Waals surface area contributed by atoms with Crippen molar-refractivity contribution in [2.45, 2.75) is 22.8 Å². The average molecular weight is 458 g/mol. The van der Waals surface area contributed by atoms with Crippen molar-refractivity contribution >= 4 is 67.4 Å². The number of hydrogen-bond acceptors (Lipinski definition) is 6. The summed E-state index contributed by atoms with van der Waals surface area (Å²) in [5.41, 5.74) is 0.561. The van der Waals surface area contributed by atoms with Gasteiger partial charge in [0.2, 0.25) is 11.8 Å². The quantitative estimate of drug-likeness (QED) is 0.716. The summed E-state index contributed by atoms with van der Waals surface area (Å²) in [6.07, 6.45) is -0.0965. The second-order valence-electron chi connectivity index (χ2n) is 5.73. The number of amidine groups is 1. The average Bonchev–Trinajstić information content (AvgIpc) is 3.27. The zero-order valence-electron chi connectivity index (χ0n) is 14.7. The maximum Gasteiger partial charge on any atom is 0.294 e. The van der Waals surface area contributed by atoms with Crippen LogP contribution in [0.2, 0.25) is 5.02 Å². The lowest BCUT2D eigenvalue weighted by Crippen LogP contribution is -2.33. The van der Waals surface area contributed by atoms with Crippen LogP contribution in [0.3, 0.4) is 0 Å². The van der Waals surface area contributed by atoms with Crippen molar-refractivity contribution < 1.29 is 18.0 Å². The Kier molecular flexibility index (Phi) is 6.43. The summed E-state index contributed by atoms with van der Waals surface area (Å²) in [6.45, 7) is 1.99. The van der Waals surface area contributed by atoms with Gasteiger partial charge in [0, 0.05) is 23.7 Å². The number of benzene rings is 1. The molecule has 0 saturated carbocycles. The molecule has 0 bridgehead atoms. The lowest BCUT2D eigenvalue weighted by Gasteiger charge is -2.13.